The Kier molecular flexibility index (Phi) is 7.35. The maximum Gasteiger partial charge on any atom is 0.255 e. The van der Waals surface area contributed by atoms with Crippen molar-refractivity contribution in [2.24, 2.45) is 0 Å². The first-order valence-corrected chi connectivity index (χ1v) is 12.2. The molecule has 2 amide bonds. The zero-order valence-corrected chi connectivity index (χ0v) is 19.7. The summed E-state index contributed by atoms with van der Waals surface area (Å²) in [6.45, 7) is 4.63. The number of hydrogen-bond acceptors (Lipinski definition) is 4. The van der Waals surface area contributed by atoms with E-state index < -0.39 is 0 Å². The second kappa shape index (κ2) is 10.6. The van der Waals surface area contributed by atoms with E-state index >= 15 is 0 Å². The first-order chi connectivity index (χ1) is 16.0. The predicted molar refractivity (Wildman–Crippen MR) is 134 cm³/mol. The maximum atomic E-state index is 12.7. The summed E-state index contributed by atoms with van der Waals surface area (Å²) in [4.78, 5) is 27.1. The van der Waals surface area contributed by atoms with Gasteiger partial charge in [0.25, 0.3) is 5.91 Å². The van der Waals surface area contributed by atoms with Crippen LogP contribution in [0.15, 0.2) is 78.9 Å². The van der Waals surface area contributed by atoms with Gasteiger partial charge in [-0.25, -0.2) is 0 Å². The van der Waals surface area contributed by atoms with Crippen LogP contribution in [0.2, 0.25) is 0 Å². The van der Waals surface area contributed by atoms with Crippen molar-refractivity contribution in [1.29, 1.82) is 0 Å². The molecule has 1 heterocycles. The normalized spacial score (nSPS) is 15.7. The molecule has 1 fully saturated rings. The highest BCUT2D eigenvalue weighted by Crippen LogP contribution is 2.38. The Morgan fingerprint density at radius 2 is 1.73 bits per heavy atom. The average Bonchev–Trinajstić information content (AvgIpc) is 3.19. The number of carbonyl (C=O) groups excluding carboxylic acids is 2. The molecule has 5 nitrogen and oxygen atoms in total. The molecule has 1 aliphatic rings. The lowest BCUT2D eigenvalue weighted by Crippen LogP contribution is -2.30. The van der Waals surface area contributed by atoms with Gasteiger partial charge < -0.3 is 15.0 Å². The molecule has 6 heteroatoms. The second-order valence-electron chi connectivity index (χ2n) is 8.25. The van der Waals surface area contributed by atoms with Crippen molar-refractivity contribution in [2.75, 3.05) is 17.6 Å². The summed E-state index contributed by atoms with van der Waals surface area (Å²) in [5, 5.41) is 2.90. The first-order valence-electron chi connectivity index (χ1n) is 11.1. The molecule has 0 radical (unpaired) electrons. The summed E-state index contributed by atoms with van der Waals surface area (Å²) in [6, 6.07) is 25.1. The third kappa shape index (κ3) is 5.96. The van der Waals surface area contributed by atoms with Gasteiger partial charge in [0, 0.05) is 17.8 Å². The van der Waals surface area contributed by atoms with Crippen molar-refractivity contribution in [1.82, 2.24) is 4.90 Å². The molecule has 33 heavy (non-hydrogen) atoms. The molecule has 1 saturated heterocycles. The van der Waals surface area contributed by atoms with Gasteiger partial charge >= 0.3 is 0 Å². The fraction of sp³-hybridized carbons (Fsp3) is 0.259. The average molecular weight is 461 g/mol. The van der Waals surface area contributed by atoms with Gasteiger partial charge in [-0.1, -0.05) is 42.5 Å². The van der Waals surface area contributed by atoms with Gasteiger partial charge in [0.15, 0.2) is 0 Å². The van der Waals surface area contributed by atoms with Gasteiger partial charge in [-0.05, 0) is 67.8 Å². The number of anilines is 1. The minimum Gasteiger partial charge on any atom is -0.491 e. The smallest absolute Gasteiger partial charge is 0.255 e. The number of hydrogen-bond donors (Lipinski definition) is 1. The molecule has 1 atom stereocenters. The Morgan fingerprint density at radius 3 is 2.39 bits per heavy atom. The lowest BCUT2D eigenvalue weighted by atomic mass is 10.1. The second-order valence-corrected chi connectivity index (χ2v) is 9.32. The fourth-order valence-corrected chi connectivity index (χ4v) is 4.98. The van der Waals surface area contributed by atoms with Crippen LogP contribution in [-0.4, -0.2) is 35.1 Å². The first kappa shape index (κ1) is 22.9. The Morgan fingerprint density at radius 1 is 1.03 bits per heavy atom. The monoisotopic (exact) mass is 460 g/mol. The predicted octanol–water partition coefficient (Wildman–Crippen LogP) is 5.54. The summed E-state index contributed by atoms with van der Waals surface area (Å²) < 4.78 is 5.64. The minimum atomic E-state index is -0.171. The molecule has 1 aliphatic heterocycles. The molecule has 4 rings (SSSR count). The van der Waals surface area contributed by atoms with Crippen LogP contribution in [0.5, 0.6) is 5.75 Å². The van der Waals surface area contributed by atoms with Crippen LogP contribution < -0.4 is 10.1 Å². The molecule has 0 aliphatic carbocycles. The Balaban J connectivity index is 1.38. The number of rotatable bonds is 8. The van der Waals surface area contributed by atoms with E-state index in [1.54, 1.807) is 11.8 Å². The third-order valence-electron chi connectivity index (χ3n) is 5.39. The lowest BCUT2D eigenvalue weighted by Gasteiger charge is -2.24. The highest BCUT2D eigenvalue weighted by atomic mass is 32.2. The van der Waals surface area contributed by atoms with Crippen molar-refractivity contribution in [3.8, 4) is 5.75 Å². The van der Waals surface area contributed by atoms with Crippen LogP contribution in [0, 0.1) is 0 Å². The van der Waals surface area contributed by atoms with Gasteiger partial charge in [0.1, 0.15) is 11.1 Å². The summed E-state index contributed by atoms with van der Waals surface area (Å²) in [6.07, 6.45) is 0.928. The maximum absolute atomic E-state index is 12.7. The van der Waals surface area contributed by atoms with Crippen LogP contribution in [-0.2, 0) is 11.2 Å². The third-order valence-corrected chi connectivity index (χ3v) is 6.65. The van der Waals surface area contributed by atoms with E-state index in [1.165, 1.54) is 5.56 Å². The highest BCUT2D eigenvalue weighted by molar-refractivity contribution is 8.00. The number of nitrogens with one attached hydrogen (secondary N) is 1. The Hall–Kier alpha value is -3.25. The zero-order chi connectivity index (χ0) is 23.2. The molecule has 0 saturated carbocycles. The topological polar surface area (TPSA) is 58.6 Å². The molecule has 0 aromatic heterocycles. The fourth-order valence-electron chi connectivity index (χ4n) is 3.76. The molecule has 1 N–H and O–H groups in total. The van der Waals surface area contributed by atoms with Crippen molar-refractivity contribution in [3.63, 3.8) is 0 Å². The van der Waals surface area contributed by atoms with Gasteiger partial charge in [-0.2, -0.15) is 0 Å². The molecular formula is C27H28N2O3S. The summed E-state index contributed by atoms with van der Waals surface area (Å²) in [7, 11) is 0. The van der Waals surface area contributed by atoms with Gasteiger partial charge in [0.2, 0.25) is 5.91 Å². The van der Waals surface area contributed by atoms with E-state index in [1.807, 2.05) is 85.5 Å². The molecule has 0 unspecified atom stereocenters. The van der Waals surface area contributed by atoms with E-state index in [-0.39, 0.29) is 23.3 Å². The molecule has 0 bridgehead atoms. The van der Waals surface area contributed by atoms with Crippen LogP contribution in [0.25, 0.3) is 0 Å². The quantitative estimate of drug-likeness (QED) is 0.479. The molecule has 0 spiro atoms. The zero-order valence-electron chi connectivity index (χ0n) is 18.9. The highest BCUT2D eigenvalue weighted by Gasteiger charge is 2.32. The van der Waals surface area contributed by atoms with E-state index in [4.69, 9.17) is 4.74 Å². The van der Waals surface area contributed by atoms with Crippen molar-refractivity contribution < 1.29 is 14.3 Å². The molecule has 3 aromatic rings. The number of nitrogens with zero attached hydrogens (tertiary/aromatic N) is 1. The van der Waals surface area contributed by atoms with E-state index in [0.717, 1.165) is 17.7 Å². The van der Waals surface area contributed by atoms with Gasteiger partial charge in [-0.3, -0.25) is 9.59 Å². The van der Waals surface area contributed by atoms with Crippen molar-refractivity contribution in [2.45, 2.75) is 31.7 Å². The van der Waals surface area contributed by atoms with Gasteiger partial charge in [-0.15, -0.1) is 11.8 Å². The van der Waals surface area contributed by atoms with Gasteiger partial charge in [0.05, 0.1) is 11.9 Å². The van der Waals surface area contributed by atoms with Crippen molar-refractivity contribution in [3.05, 3.63) is 95.6 Å². The lowest BCUT2D eigenvalue weighted by molar-refractivity contribution is -0.128. The van der Waals surface area contributed by atoms with Crippen LogP contribution >= 0.6 is 11.8 Å². The number of thioether (sulfide) groups is 1. The number of carbonyl (C=O) groups is 2. The van der Waals surface area contributed by atoms with Crippen LogP contribution in [0.1, 0.15) is 40.7 Å². The van der Waals surface area contributed by atoms with Crippen LogP contribution in [0.4, 0.5) is 5.69 Å². The number of benzene rings is 3. The molecular weight excluding hydrogens is 432 g/mol. The SMILES string of the molecule is CC(C)Oc1ccc(NC(=O)c2ccc([C@H]3SCC(=O)N3CCc3ccccc3)cc2)cc1. The number of amides is 2. The minimum absolute atomic E-state index is 0.0215. The van der Waals surface area contributed by atoms with E-state index in [0.29, 0.717) is 23.5 Å². The van der Waals surface area contributed by atoms with E-state index in [2.05, 4.69) is 17.4 Å². The van der Waals surface area contributed by atoms with Crippen LogP contribution in [0.3, 0.4) is 0 Å². The molecule has 170 valence electrons. The number of ether oxygens (including phenoxy) is 1. The summed E-state index contributed by atoms with van der Waals surface area (Å²) in [5.41, 5.74) is 3.54. The molecule has 3 aromatic carbocycles. The Labute approximate surface area is 199 Å². The summed E-state index contributed by atoms with van der Waals surface area (Å²) in [5.74, 6) is 1.24. The van der Waals surface area contributed by atoms with E-state index in [9.17, 15) is 9.59 Å². The standard InChI is InChI=1S/C27H28N2O3S/c1-19(2)32-24-14-12-23(13-15-24)28-26(31)21-8-10-22(11-9-21)27-29(25(30)18-33-27)17-16-20-6-4-3-5-7-20/h3-15,19,27H,16-18H2,1-2H3,(H,28,31)/t27-/m1/s1. The van der Waals surface area contributed by atoms with Crippen molar-refractivity contribution >= 4 is 29.3 Å². The summed E-state index contributed by atoms with van der Waals surface area (Å²) >= 11 is 1.63. The largest absolute Gasteiger partial charge is 0.491 e. The Bertz CT molecular complexity index is 1080.